The third-order valence-electron chi connectivity index (χ3n) is 5.19. The van der Waals surface area contributed by atoms with Gasteiger partial charge in [0.2, 0.25) is 0 Å². The van der Waals surface area contributed by atoms with Gasteiger partial charge in [-0.1, -0.05) is 37.0 Å². The summed E-state index contributed by atoms with van der Waals surface area (Å²) >= 11 is 0. The van der Waals surface area contributed by atoms with Crippen LogP contribution >= 0.6 is 0 Å². The van der Waals surface area contributed by atoms with Crippen molar-refractivity contribution >= 4 is 17.5 Å². The number of carbonyl (C=O) groups excluding carboxylic acids is 2. The number of hydrogen-bond donors (Lipinski definition) is 4. The van der Waals surface area contributed by atoms with Crippen LogP contribution in [0.3, 0.4) is 0 Å². The molecule has 170 valence electrons. The first kappa shape index (κ1) is 24.5. The van der Waals surface area contributed by atoms with Crippen molar-refractivity contribution in [1.82, 2.24) is 10.2 Å². The first-order chi connectivity index (χ1) is 15.2. The van der Waals surface area contributed by atoms with Crippen LogP contribution < -0.4 is 22.5 Å². The number of nitrogens with zero attached hydrogens (tertiary/aromatic N) is 2. The number of amides is 2. The van der Waals surface area contributed by atoms with E-state index in [2.05, 4.69) is 29.5 Å². The Hall–Kier alpha value is -3.81. The van der Waals surface area contributed by atoms with Crippen LogP contribution in [-0.4, -0.2) is 29.0 Å². The molecule has 2 amide bonds. The Morgan fingerprint density at radius 1 is 1.19 bits per heavy atom. The van der Waals surface area contributed by atoms with E-state index in [1.165, 1.54) is 17.3 Å². The Bertz CT molecular complexity index is 1010. The first-order valence-electron chi connectivity index (χ1n) is 10.4. The number of rotatable bonds is 8. The molecule has 0 radical (unpaired) electrons. The van der Waals surface area contributed by atoms with E-state index in [4.69, 9.17) is 17.2 Å². The first-order valence-corrected chi connectivity index (χ1v) is 10.4. The van der Waals surface area contributed by atoms with E-state index in [1.54, 1.807) is 0 Å². The molecule has 2 aliphatic carbocycles. The zero-order valence-electron chi connectivity index (χ0n) is 18.8. The summed E-state index contributed by atoms with van der Waals surface area (Å²) in [6.45, 7) is 11.5. The zero-order valence-corrected chi connectivity index (χ0v) is 18.8. The topological polar surface area (TPSA) is 140 Å². The van der Waals surface area contributed by atoms with Crippen LogP contribution in [0, 0.1) is 0 Å². The van der Waals surface area contributed by atoms with E-state index >= 15 is 0 Å². The number of nitrogens with one attached hydrogen (secondary N) is 1. The Morgan fingerprint density at radius 2 is 1.88 bits per heavy atom. The van der Waals surface area contributed by atoms with Crippen LogP contribution in [0.4, 0.5) is 0 Å². The summed E-state index contributed by atoms with van der Waals surface area (Å²) in [5, 5.41) is 2.70. The standard InChI is InChI=1S/C24H32N6O2/c1-15-8-5-6-11-20(15)30(24(32)21-16(2)9-7-10-19(21)27)17(3)14-29-23(31)22(18(4)26)28-13-12-25/h8,10-13H,3-7,9,14,25-27H2,1-2H3,(H,29,31)/b13-12-,28-22?. The van der Waals surface area contributed by atoms with Crippen molar-refractivity contribution in [1.29, 1.82) is 0 Å². The van der Waals surface area contributed by atoms with Gasteiger partial charge in [-0.2, -0.15) is 0 Å². The lowest BCUT2D eigenvalue weighted by atomic mass is 9.94. The number of nitrogens with two attached hydrogens (primary N) is 3. The van der Waals surface area contributed by atoms with Crippen molar-refractivity contribution < 1.29 is 9.59 Å². The summed E-state index contributed by atoms with van der Waals surface area (Å²) in [7, 11) is 0. The lowest BCUT2D eigenvalue weighted by Gasteiger charge is -2.32. The highest BCUT2D eigenvalue weighted by atomic mass is 16.2. The molecule has 0 spiro atoms. The summed E-state index contributed by atoms with van der Waals surface area (Å²) in [5.41, 5.74) is 21.0. The SMILES string of the molecule is C=C(N)C(=N/C=C\N)C(=O)NCC(=C)N(C(=O)C1=C(C)CCC=C1N)C1=CCCC=C1C. The van der Waals surface area contributed by atoms with E-state index in [1.807, 2.05) is 26.0 Å². The highest BCUT2D eigenvalue weighted by Crippen LogP contribution is 2.30. The average molecular weight is 437 g/mol. The number of aliphatic imine (C=N–C) groups is 1. The van der Waals surface area contributed by atoms with Crippen molar-refractivity contribution in [2.75, 3.05) is 6.54 Å². The molecule has 0 fully saturated rings. The second-order valence-electron chi connectivity index (χ2n) is 7.64. The fourth-order valence-electron chi connectivity index (χ4n) is 3.56. The summed E-state index contributed by atoms with van der Waals surface area (Å²) in [4.78, 5) is 31.7. The minimum Gasteiger partial charge on any atom is -0.403 e. The van der Waals surface area contributed by atoms with E-state index in [9.17, 15) is 9.59 Å². The molecule has 2 aliphatic rings. The van der Waals surface area contributed by atoms with Crippen molar-refractivity contribution in [3.63, 3.8) is 0 Å². The normalized spacial score (nSPS) is 16.8. The molecule has 7 N–H and O–H groups in total. The van der Waals surface area contributed by atoms with Crippen molar-refractivity contribution in [2.24, 2.45) is 22.2 Å². The maximum absolute atomic E-state index is 13.7. The van der Waals surface area contributed by atoms with Crippen molar-refractivity contribution in [3.05, 3.63) is 83.3 Å². The van der Waals surface area contributed by atoms with E-state index in [0.717, 1.165) is 42.5 Å². The fourth-order valence-corrected chi connectivity index (χ4v) is 3.56. The fraction of sp³-hybridized carbons (Fsp3) is 0.292. The number of allylic oxidation sites excluding steroid dienone is 5. The molecule has 0 saturated heterocycles. The predicted octanol–water partition coefficient (Wildman–Crippen LogP) is 2.37. The zero-order chi connectivity index (χ0) is 23.8. The van der Waals surface area contributed by atoms with Crippen LogP contribution in [0.2, 0.25) is 0 Å². The molecule has 2 rings (SSSR count). The van der Waals surface area contributed by atoms with Crippen LogP contribution in [0.25, 0.3) is 0 Å². The Balaban J connectivity index is 2.34. The molecule has 0 unspecified atom stereocenters. The molecule has 0 atom stereocenters. The van der Waals surface area contributed by atoms with Gasteiger partial charge < -0.3 is 22.5 Å². The van der Waals surface area contributed by atoms with Gasteiger partial charge in [0.1, 0.15) is 5.71 Å². The van der Waals surface area contributed by atoms with Crippen LogP contribution in [-0.2, 0) is 9.59 Å². The van der Waals surface area contributed by atoms with Crippen LogP contribution in [0.5, 0.6) is 0 Å². The summed E-state index contributed by atoms with van der Waals surface area (Å²) in [6.07, 6.45) is 11.6. The summed E-state index contributed by atoms with van der Waals surface area (Å²) < 4.78 is 0. The molecule has 8 nitrogen and oxygen atoms in total. The quantitative estimate of drug-likeness (QED) is 0.433. The van der Waals surface area contributed by atoms with Crippen LogP contribution in [0.15, 0.2) is 88.3 Å². The molecule has 8 heteroatoms. The van der Waals surface area contributed by atoms with Gasteiger partial charge in [-0.05, 0) is 45.1 Å². The van der Waals surface area contributed by atoms with Crippen LogP contribution in [0.1, 0.15) is 39.5 Å². The molecular weight excluding hydrogens is 404 g/mol. The average Bonchev–Trinajstić information content (AvgIpc) is 2.73. The van der Waals surface area contributed by atoms with Gasteiger partial charge in [-0.25, -0.2) is 4.99 Å². The van der Waals surface area contributed by atoms with Crippen molar-refractivity contribution in [2.45, 2.75) is 39.5 Å². The number of carbonyl (C=O) groups is 2. The Labute approximate surface area is 189 Å². The molecule has 0 saturated carbocycles. The molecule has 0 aromatic heterocycles. The highest BCUT2D eigenvalue weighted by Gasteiger charge is 2.29. The van der Waals surface area contributed by atoms with Crippen molar-refractivity contribution in [3.8, 4) is 0 Å². The molecular formula is C24H32N6O2. The Morgan fingerprint density at radius 3 is 2.47 bits per heavy atom. The third kappa shape index (κ3) is 5.66. The molecule has 0 bridgehead atoms. The monoisotopic (exact) mass is 436 g/mol. The minimum atomic E-state index is -0.554. The van der Waals surface area contributed by atoms with Gasteiger partial charge >= 0.3 is 0 Å². The van der Waals surface area contributed by atoms with E-state index in [-0.39, 0.29) is 23.9 Å². The predicted molar refractivity (Wildman–Crippen MR) is 128 cm³/mol. The molecule has 0 aromatic carbocycles. The van der Waals surface area contributed by atoms with Gasteiger partial charge in [0.15, 0.2) is 0 Å². The smallest absolute Gasteiger partial charge is 0.272 e. The molecule has 0 heterocycles. The van der Waals surface area contributed by atoms with Gasteiger partial charge in [0, 0.05) is 29.5 Å². The number of hydrogen-bond acceptors (Lipinski definition) is 6. The lowest BCUT2D eigenvalue weighted by molar-refractivity contribution is -0.124. The largest absolute Gasteiger partial charge is 0.403 e. The Kier molecular flexibility index (Phi) is 8.40. The molecule has 32 heavy (non-hydrogen) atoms. The third-order valence-corrected chi connectivity index (χ3v) is 5.19. The minimum absolute atomic E-state index is 0.00573. The second-order valence-corrected chi connectivity index (χ2v) is 7.64. The maximum Gasteiger partial charge on any atom is 0.272 e. The lowest BCUT2D eigenvalue weighted by Crippen LogP contribution is -2.41. The van der Waals surface area contributed by atoms with Gasteiger partial charge in [0.25, 0.3) is 11.8 Å². The van der Waals surface area contributed by atoms with Gasteiger partial charge in [-0.3, -0.25) is 14.5 Å². The van der Waals surface area contributed by atoms with Gasteiger partial charge in [0.05, 0.1) is 17.8 Å². The van der Waals surface area contributed by atoms with E-state index < -0.39 is 5.91 Å². The second kappa shape index (κ2) is 11.0. The van der Waals surface area contributed by atoms with Gasteiger partial charge in [-0.15, -0.1) is 0 Å². The molecule has 0 aromatic rings. The highest BCUT2D eigenvalue weighted by molar-refractivity contribution is 6.45. The summed E-state index contributed by atoms with van der Waals surface area (Å²) in [6, 6.07) is 0. The maximum atomic E-state index is 13.7. The molecule has 0 aliphatic heterocycles. The summed E-state index contributed by atoms with van der Waals surface area (Å²) in [5.74, 6) is -0.819. The van der Waals surface area contributed by atoms with E-state index in [0.29, 0.717) is 17.0 Å².